The Bertz CT molecular complexity index is 118. The SMILES string of the molecule is CCCCOCC1(C)CO1.O[SiH2][SiH3]. The lowest BCUT2D eigenvalue weighted by Crippen LogP contribution is -2.14. The first-order chi connectivity index (χ1) is 6.18. The number of unbranched alkanes of at least 4 members (excludes halogenated alkanes) is 1. The van der Waals surface area contributed by atoms with Gasteiger partial charge in [-0.15, -0.1) is 0 Å². The van der Waals surface area contributed by atoms with Crippen LogP contribution in [0.15, 0.2) is 0 Å². The summed E-state index contributed by atoms with van der Waals surface area (Å²) in [5, 5.41) is 0. The molecule has 0 aromatic carbocycles. The lowest BCUT2D eigenvalue weighted by molar-refractivity contribution is 0.0834. The summed E-state index contributed by atoms with van der Waals surface area (Å²) >= 11 is 0. The monoisotopic (exact) mass is 222 g/mol. The Morgan fingerprint density at radius 3 is 2.62 bits per heavy atom. The smallest absolute Gasteiger partial charge is 0.134 e. The van der Waals surface area contributed by atoms with E-state index in [0.29, 0.717) is 0 Å². The highest BCUT2D eigenvalue weighted by molar-refractivity contribution is 6.84. The fraction of sp³-hybridized carbons (Fsp3) is 1.00. The molecule has 1 heterocycles. The molecular formula is C8H22O3Si2. The number of hydrogen-bond donors (Lipinski definition) is 1. The Kier molecular flexibility index (Phi) is 7.88. The van der Waals surface area contributed by atoms with Gasteiger partial charge in [-0.1, -0.05) is 13.3 Å². The minimum absolute atomic E-state index is 0.0771. The third kappa shape index (κ3) is 8.64. The van der Waals surface area contributed by atoms with Crippen LogP contribution in [0.1, 0.15) is 26.7 Å². The summed E-state index contributed by atoms with van der Waals surface area (Å²) in [5.74, 6) is 0. The maximum absolute atomic E-state index is 7.77. The zero-order chi connectivity index (χ0) is 10.2. The van der Waals surface area contributed by atoms with Gasteiger partial charge in [0.05, 0.1) is 13.2 Å². The largest absolute Gasteiger partial charge is 0.442 e. The molecule has 1 N–H and O–H groups in total. The zero-order valence-corrected chi connectivity index (χ0v) is 12.4. The highest BCUT2D eigenvalue weighted by Gasteiger charge is 2.39. The molecule has 1 aliphatic rings. The van der Waals surface area contributed by atoms with E-state index in [0.717, 1.165) is 36.0 Å². The van der Waals surface area contributed by atoms with Crippen LogP contribution in [0, 0.1) is 0 Å². The van der Waals surface area contributed by atoms with Crippen LogP contribution in [0.2, 0.25) is 0 Å². The van der Waals surface area contributed by atoms with Crippen molar-refractivity contribution < 1.29 is 14.3 Å². The Hall–Kier alpha value is 0.314. The van der Waals surface area contributed by atoms with Crippen molar-refractivity contribution in [3.63, 3.8) is 0 Å². The summed E-state index contributed by atoms with van der Waals surface area (Å²) in [6.45, 7) is 6.78. The Morgan fingerprint density at radius 2 is 2.23 bits per heavy atom. The van der Waals surface area contributed by atoms with Crippen LogP contribution in [0.25, 0.3) is 0 Å². The minimum atomic E-state index is -0.444. The predicted molar refractivity (Wildman–Crippen MR) is 60.8 cm³/mol. The number of ether oxygens (including phenoxy) is 2. The molecule has 0 radical (unpaired) electrons. The van der Waals surface area contributed by atoms with E-state index < -0.39 is 9.28 Å². The first kappa shape index (κ1) is 13.3. The van der Waals surface area contributed by atoms with Gasteiger partial charge < -0.3 is 14.3 Å². The maximum Gasteiger partial charge on any atom is 0.134 e. The van der Waals surface area contributed by atoms with Gasteiger partial charge in [0.15, 0.2) is 0 Å². The first-order valence-corrected chi connectivity index (χ1v) is 11.3. The summed E-state index contributed by atoms with van der Waals surface area (Å²) in [7, 11) is 0.619. The van der Waals surface area contributed by atoms with Crippen LogP contribution in [0.3, 0.4) is 0 Å². The van der Waals surface area contributed by atoms with Crippen LogP contribution in [-0.4, -0.2) is 49.3 Å². The predicted octanol–water partition coefficient (Wildman–Crippen LogP) is -1.07. The standard InChI is InChI=1S/C8H16O2.H6OSi2/c1-3-4-5-9-6-8(2)7-10-8;1-3-2/h3-7H2,1-2H3;1H,3H2,2H3. The molecule has 80 valence electrons. The average molecular weight is 222 g/mol. The lowest BCUT2D eigenvalue weighted by atomic mass is 10.2. The fourth-order valence-electron chi connectivity index (χ4n) is 0.741. The molecule has 0 aliphatic carbocycles. The van der Waals surface area contributed by atoms with E-state index in [9.17, 15) is 0 Å². The zero-order valence-electron chi connectivity index (χ0n) is 9.01. The van der Waals surface area contributed by atoms with Gasteiger partial charge >= 0.3 is 0 Å². The van der Waals surface area contributed by atoms with Gasteiger partial charge in [0, 0.05) is 16.4 Å². The summed E-state index contributed by atoms with van der Waals surface area (Å²) in [6, 6.07) is 0. The van der Waals surface area contributed by atoms with E-state index >= 15 is 0 Å². The van der Waals surface area contributed by atoms with Crippen LogP contribution in [-0.2, 0) is 9.47 Å². The van der Waals surface area contributed by atoms with Crippen molar-refractivity contribution in [1.82, 2.24) is 0 Å². The molecule has 1 unspecified atom stereocenters. The van der Waals surface area contributed by atoms with Crippen molar-refractivity contribution in [3.05, 3.63) is 0 Å². The summed E-state index contributed by atoms with van der Waals surface area (Å²) in [5.41, 5.74) is 0.0771. The van der Waals surface area contributed by atoms with Crippen molar-refractivity contribution in [3.8, 4) is 0 Å². The van der Waals surface area contributed by atoms with Crippen LogP contribution >= 0.6 is 0 Å². The Morgan fingerprint density at radius 1 is 1.69 bits per heavy atom. The van der Waals surface area contributed by atoms with Crippen molar-refractivity contribution in [2.75, 3.05) is 19.8 Å². The van der Waals surface area contributed by atoms with Gasteiger partial charge in [0.2, 0.25) is 0 Å². The van der Waals surface area contributed by atoms with E-state index in [-0.39, 0.29) is 5.60 Å². The molecule has 0 spiro atoms. The molecule has 0 bridgehead atoms. The molecule has 0 aromatic rings. The molecule has 1 atom stereocenters. The highest BCUT2D eigenvalue weighted by Crippen LogP contribution is 2.25. The van der Waals surface area contributed by atoms with E-state index in [4.69, 9.17) is 14.3 Å². The third-order valence-electron chi connectivity index (χ3n) is 1.69. The van der Waals surface area contributed by atoms with E-state index in [2.05, 4.69) is 13.8 Å². The molecule has 1 fully saturated rings. The van der Waals surface area contributed by atoms with Crippen LogP contribution in [0.5, 0.6) is 0 Å². The number of rotatable bonds is 5. The van der Waals surface area contributed by atoms with Crippen molar-refractivity contribution in [2.45, 2.75) is 32.3 Å². The molecule has 0 amide bonds. The molecule has 1 aliphatic heterocycles. The molecule has 3 nitrogen and oxygen atoms in total. The second-order valence-corrected chi connectivity index (χ2v) is 5.99. The van der Waals surface area contributed by atoms with Crippen molar-refractivity contribution >= 4 is 19.0 Å². The summed E-state index contributed by atoms with van der Waals surface area (Å²) < 4.78 is 10.5. The topological polar surface area (TPSA) is 42.0 Å². The van der Waals surface area contributed by atoms with Gasteiger partial charge in [-0.3, -0.25) is 0 Å². The summed E-state index contributed by atoms with van der Waals surface area (Å²) in [6.07, 6.45) is 2.37. The quantitative estimate of drug-likeness (QED) is 0.366. The second kappa shape index (κ2) is 7.69. The van der Waals surface area contributed by atoms with E-state index in [1.807, 2.05) is 0 Å². The number of hydrogen-bond acceptors (Lipinski definition) is 3. The average Bonchev–Trinajstić information content (AvgIpc) is 2.80. The molecular weight excluding hydrogens is 200 g/mol. The van der Waals surface area contributed by atoms with E-state index in [1.165, 1.54) is 6.42 Å². The van der Waals surface area contributed by atoms with Gasteiger partial charge in [-0.2, -0.15) is 0 Å². The lowest BCUT2D eigenvalue weighted by Gasteiger charge is -2.04. The molecule has 13 heavy (non-hydrogen) atoms. The molecule has 0 saturated carbocycles. The fourth-order valence-corrected chi connectivity index (χ4v) is 0.741. The maximum atomic E-state index is 7.77. The van der Waals surface area contributed by atoms with Gasteiger partial charge in [0.1, 0.15) is 14.9 Å². The first-order valence-electron chi connectivity index (χ1n) is 5.01. The van der Waals surface area contributed by atoms with Gasteiger partial charge in [-0.05, 0) is 13.3 Å². The van der Waals surface area contributed by atoms with Gasteiger partial charge in [0.25, 0.3) is 0 Å². The van der Waals surface area contributed by atoms with Crippen molar-refractivity contribution in [1.29, 1.82) is 0 Å². The normalized spacial score (nSPS) is 26.1. The summed E-state index contributed by atoms with van der Waals surface area (Å²) in [4.78, 5) is 7.77. The molecule has 5 heteroatoms. The Balaban J connectivity index is 0.000000424. The van der Waals surface area contributed by atoms with Gasteiger partial charge in [-0.25, -0.2) is 0 Å². The number of epoxide rings is 1. The Labute approximate surface area is 86.0 Å². The second-order valence-electron chi connectivity index (χ2n) is 3.46. The van der Waals surface area contributed by atoms with Crippen molar-refractivity contribution in [2.24, 2.45) is 0 Å². The van der Waals surface area contributed by atoms with Crippen LogP contribution in [0.4, 0.5) is 0 Å². The molecule has 1 saturated heterocycles. The highest BCUT2D eigenvalue weighted by atomic mass is 29.1. The van der Waals surface area contributed by atoms with E-state index in [1.54, 1.807) is 0 Å². The minimum Gasteiger partial charge on any atom is -0.442 e. The molecule has 0 aromatic heterocycles. The van der Waals surface area contributed by atoms with Crippen LogP contribution < -0.4 is 0 Å². The third-order valence-corrected chi connectivity index (χ3v) is 1.69. The molecule has 1 rings (SSSR count).